The van der Waals surface area contributed by atoms with Crippen molar-refractivity contribution in [2.45, 2.75) is 31.8 Å². The molecule has 0 radical (unpaired) electrons. The molecule has 1 aliphatic heterocycles. The lowest BCUT2D eigenvalue weighted by molar-refractivity contribution is -0.117. The first-order valence-electron chi connectivity index (χ1n) is 7.28. The normalized spacial score (nSPS) is 22.7. The number of fused-ring (bicyclic) bond motifs is 1. The summed E-state index contributed by atoms with van der Waals surface area (Å²) in [5.74, 6) is -0.0339. The molecule has 0 bridgehead atoms. The van der Waals surface area contributed by atoms with E-state index in [-0.39, 0.29) is 11.9 Å². The van der Waals surface area contributed by atoms with Crippen LogP contribution in [0.15, 0.2) is 30.3 Å². The quantitative estimate of drug-likeness (QED) is 0.857. The van der Waals surface area contributed by atoms with E-state index in [2.05, 4.69) is 22.5 Å². The average Bonchev–Trinajstić information content (AvgIpc) is 2.88. The molecule has 1 fully saturated rings. The number of amides is 1. The van der Waals surface area contributed by atoms with E-state index in [0.717, 1.165) is 34.6 Å². The van der Waals surface area contributed by atoms with Crippen LogP contribution >= 0.6 is 11.3 Å². The largest absolute Gasteiger partial charge is 0.350 e. The van der Waals surface area contributed by atoms with Crippen molar-refractivity contribution in [3.63, 3.8) is 0 Å². The highest BCUT2D eigenvalue weighted by atomic mass is 32.1. The molecule has 1 aliphatic rings. The SMILES string of the molecule is C[C@@H]1C[C@@H](NC(=O)/C=C/c2nc3ccccc3s2)CCN1. The fourth-order valence-electron chi connectivity index (χ4n) is 2.62. The van der Waals surface area contributed by atoms with Crippen LogP contribution < -0.4 is 10.6 Å². The molecule has 0 spiro atoms. The van der Waals surface area contributed by atoms with Crippen molar-refractivity contribution in [2.24, 2.45) is 0 Å². The summed E-state index contributed by atoms with van der Waals surface area (Å²) in [6, 6.07) is 8.74. The maximum Gasteiger partial charge on any atom is 0.244 e. The molecule has 1 aromatic heterocycles. The van der Waals surface area contributed by atoms with Crippen LogP contribution in [0.3, 0.4) is 0 Å². The van der Waals surface area contributed by atoms with Crippen LogP contribution in [0.2, 0.25) is 0 Å². The third-order valence-electron chi connectivity index (χ3n) is 3.66. The van der Waals surface area contributed by atoms with Crippen molar-refractivity contribution in [1.82, 2.24) is 15.6 Å². The lowest BCUT2D eigenvalue weighted by Gasteiger charge is -2.28. The summed E-state index contributed by atoms with van der Waals surface area (Å²) in [5.41, 5.74) is 0.981. The van der Waals surface area contributed by atoms with Gasteiger partial charge in [0.2, 0.25) is 5.91 Å². The van der Waals surface area contributed by atoms with Gasteiger partial charge in [-0.2, -0.15) is 0 Å². The Labute approximate surface area is 128 Å². The van der Waals surface area contributed by atoms with Crippen molar-refractivity contribution in [2.75, 3.05) is 6.54 Å². The van der Waals surface area contributed by atoms with Crippen molar-refractivity contribution in [1.29, 1.82) is 0 Å². The Kier molecular flexibility index (Phi) is 4.31. The number of thiazole rings is 1. The smallest absolute Gasteiger partial charge is 0.244 e. The number of hydrogen-bond donors (Lipinski definition) is 2. The lowest BCUT2D eigenvalue weighted by atomic mass is 10.0. The summed E-state index contributed by atoms with van der Waals surface area (Å²) in [7, 11) is 0. The summed E-state index contributed by atoms with van der Waals surface area (Å²) in [6.45, 7) is 3.11. The third-order valence-corrected chi connectivity index (χ3v) is 4.66. The predicted octanol–water partition coefficient (Wildman–Crippen LogP) is 2.57. The van der Waals surface area contributed by atoms with Crippen molar-refractivity contribution in [3.05, 3.63) is 35.3 Å². The third kappa shape index (κ3) is 3.68. The Bertz CT molecular complexity index is 631. The zero-order valence-electron chi connectivity index (χ0n) is 12.0. The van der Waals surface area contributed by atoms with Gasteiger partial charge in [0.1, 0.15) is 5.01 Å². The van der Waals surface area contributed by atoms with Gasteiger partial charge in [-0.15, -0.1) is 11.3 Å². The second-order valence-electron chi connectivity index (χ2n) is 5.44. The fourth-order valence-corrected chi connectivity index (χ4v) is 3.49. The number of para-hydroxylation sites is 1. The number of carbonyl (C=O) groups excluding carboxylic acids is 1. The first kappa shape index (κ1) is 14.2. The number of carbonyl (C=O) groups is 1. The van der Waals surface area contributed by atoms with Gasteiger partial charge < -0.3 is 10.6 Å². The number of piperidine rings is 1. The highest BCUT2D eigenvalue weighted by Crippen LogP contribution is 2.22. The minimum absolute atomic E-state index is 0.0339. The number of benzene rings is 1. The molecule has 0 aliphatic carbocycles. The molecule has 1 saturated heterocycles. The van der Waals surface area contributed by atoms with Gasteiger partial charge in [-0.05, 0) is 44.5 Å². The highest BCUT2D eigenvalue weighted by molar-refractivity contribution is 7.19. The average molecular weight is 301 g/mol. The predicted molar refractivity (Wildman–Crippen MR) is 87.3 cm³/mol. The lowest BCUT2D eigenvalue weighted by Crippen LogP contribution is -2.46. The number of rotatable bonds is 3. The van der Waals surface area contributed by atoms with Crippen LogP contribution in [-0.4, -0.2) is 29.5 Å². The van der Waals surface area contributed by atoms with Gasteiger partial charge in [0, 0.05) is 18.2 Å². The van der Waals surface area contributed by atoms with Gasteiger partial charge >= 0.3 is 0 Å². The van der Waals surface area contributed by atoms with Crippen molar-refractivity contribution >= 4 is 33.5 Å². The Morgan fingerprint density at radius 1 is 1.48 bits per heavy atom. The van der Waals surface area contributed by atoms with E-state index in [1.54, 1.807) is 23.5 Å². The Morgan fingerprint density at radius 3 is 3.14 bits per heavy atom. The Balaban J connectivity index is 1.61. The van der Waals surface area contributed by atoms with Crippen LogP contribution in [-0.2, 0) is 4.79 Å². The number of nitrogens with one attached hydrogen (secondary N) is 2. The standard InChI is InChI=1S/C16H19N3OS/c1-11-10-12(8-9-17-11)18-15(20)6-7-16-19-13-4-2-3-5-14(13)21-16/h2-7,11-12,17H,8-10H2,1H3,(H,18,20)/b7-6+/t11-,12+/m1/s1. The molecular formula is C16H19N3OS. The molecule has 4 nitrogen and oxygen atoms in total. The van der Waals surface area contributed by atoms with Crippen molar-refractivity contribution in [3.8, 4) is 0 Å². The molecule has 2 heterocycles. The zero-order valence-corrected chi connectivity index (χ0v) is 12.8. The molecular weight excluding hydrogens is 282 g/mol. The van der Waals surface area contributed by atoms with Crippen LogP contribution in [0.4, 0.5) is 0 Å². The number of hydrogen-bond acceptors (Lipinski definition) is 4. The Hall–Kier alpha value is -1.72. The molecule has 1 aromatic carbocycles. The molecule has 2 N–H and O–H groups in total. The first-order chi connectivity index (χ1) is 10.2. The van der Waals surface area contributed by atoms with E-state index in [9.17, 15) is 4.79 Å². The highest BCUT2D eigenvalue weighted by Gasteiger charge is 2.18. The van der Waals surface area contributed by atoms with Gasteiger partial charge in [-0.25, -0.2) is 4.98 Å². The molecule has 2 aromatic rings. The van der Waals surface area contributed by atoms with E-state index in [0.29, 0.717) is 6.04 Å². The first-order valence-corrected chi connectivity index (χ1v) is 8.10. The maximum absolute atomic E-state index is 12.0. The van der Waals surface area contributed by atoms with Gasteiger partial charge in [-0.1, -0.05) is 12.1 Å². The summed E-state index contributed by atoms with van der Waals surface area (Å²) >= 11 is 1.60. The fraction of sp³-hybridized carbons (Fsp3) is 0.375. The summed E-state index contributed by atoms with van der Waals surface area (Å²) in [6.07, 6.45) is 5.36. The minimum Gasteiger partial charge on any atom is -0.350 e. The number of aromatic nitrogens is 1. The zero-order chi connectivity index (χ0) is 14.7. The molecule has 110 valence electrons. The molecule has 0 unspecified atom stereocenters. The van der Waals surface area contributed by atoms with E-state index in [1.165, 1.54) is 0 Å². The summed E-state index contributed by atoms with van der Waals surface area (Å²) in [5, 5.41) is 7.31. The maximum atomic E-state index is 12.0. The van der Waals surface area contributed by atoms with Crippen LogP contribution in [0, 0.1) is 0 Å². The van der Waals surface area contributed by atoms with E-state index in [4.69, 9.17) is 0 Å². The summed E-state index contributed by atoms with van der Waals surface area (Å²) < 4.78 is 1.14. The van der Waals surface area contributed by atoms with Crippen LogP contribution in [0.5, 0.6) is 0 Å². The molecule has 2 atom stereocenters. The molecule has 1 amide bonds. The number of nitrogens with zero attached hydrogens (tertiary/aromatic N) is 1. The summed E-state index contributed by atoms with van der Waals surface area (Å²) in [4.78, 5) is 16.5. The van der Waals surface area contributed by atoms with E-state index in [1.807, 2.05) is 24.3 Å². The molecule has 5 heteroatoms. The van der Waals surface area contributed by atoms with Crippen molar-refractivity contribution < 1.29 is 4.79 Å². The van der Waals surface area contributed by atoms with Gasteiger partial charge in [0.05, 0.1) is 10.2 Å². The van der Waals surface area contributed by atoms with E-state index < -0.39 is 0 Å². The Morgan fingerprint density at radius 2 is 2.33 bits per heavy atom. The topological polar surface area (TPSA) is 54.0 Å². The van der Waals surface area contributed by atoms with Crippen LogP contribution in [0.1, 0.15) is 24.8 Å². The van der Waals surface area contributed by atoms with Gasteiger partial charge in [-0.3, -0.25) is 4.79 Å². The minimum atomic E-state index is -0.0339. The second-order valence-corrected chi connectivity index (χ2v) is 6.50. The molecule has 21 heavy (non-hydrogen) atoms. The van der Waals surface area contributed by atoms with E-state index >= 15 is 0 Å². The van der Waals surface area contributed by atoms with Crippen LogP contribution in [0.25, 0.3) is 16.3 Å². The van der Waals surface area contributed by atoms with Gasteiger partial charge in [0.25, 0.3) is 0 Å². The second kappa shape index (κ2) is 6.37. The molecule has 3 rings (SSSR count). The monoisotopic (exact) mass is 301 g/mol. The molecule has 0 saturated carbocycles. The van der Waals surface area contributed by atoms with Gasteiger partial charge in [0.15, 0.2) is 0 Å².